The number of unbranched alkanes of at least 4 members (excludes halogenated alkanes) is 2. The van der Waals surface area contributed by atoms with Crippen LogP contribution in [0.5, 0.6) is 0 Å². The van der Waals surface area contributed by atoms with Gasteiger partial charge in [-0.25, -0.2) is 0 Å². The van der Waals surface area contributed by atoms with E-state index < -0.39 is 0 Å². The summed E-state index contributed by atoms with van der Waals surface area (Å²) in [6, 6.07) is 5.21. The number of aliphatic hydroxyl groups is 1. The zero-order valence-corrected chi connectivity index (χ0v) is 11.2. The molecule has 4 nitrogen and oxygen atoms in total. The number of hydrogen-bond donors (Lipinski definition) is 3. The minimum Gasteiger partial charge on any atom is -0.398 e. The molecular weight excluding hydrogens is 284 g/mol. The van der Waals surface area contributed by atoms with Gasteiger partial charge in [0.25, 0.3) is 5.91 Å². The Balaban J connectivity index is 2.44. The third-order valence-electron chi connectivity index (χ3n) is 2.39. The van der Waals surface area contributed by atoms with Gasteiger partial charge in [-0.1, -0.05) is 6.07 Å². The molecule has 5 heteroatoms. The van der Waals surface area contributed by atoms with Gasteiger partial charge in [0.1, 0.15) is 0 Å². The fraction of sp³-hybridized carbons (Fsp3) is 0.417. The molecule has 0 aliphatic heterocycles. The molecule has 4 N–H and O–H groups in total. The zero-order valence-electron chi connectivity index (χ0n) is 9.58. The molecule has 0 saturated heterocycles. The number of hydrogen-bond acceptors (Lipinski definition) is 3. The van der Waals surface area contributed by atoms with Crippen molar-refractivity contribution in [2.45, 2.75) is 19.3 Å². The average Bonchev–Trinajstić information content (AvgIpc) is 2.32. The Hall–Kier alpha value is -1.07. The van der Waals surface area contributed by atoms with Gasteiger partial charge < -0.3 is 16.2 Å². The van der Waals surface area contributed by atoms with Crippen LogP contribution in [0.25, 0.3) is 0 Å². The fourth-order valence-electron chi connectivity index (χ4n) is 1.44. The summed E-state index contributed by atoms with van der Waals surface area (Å²) in [6.45, 7) is 0.814. The van der Waals surface area contributed by atoms with Gasteiger partial charge in [0.05, 0.1) is 10.0 Å². The summed E-state index contributed by atoms with van der Waals surface area (Å²) in [4.78, 5) is 11.8. The molecule has 1 aromatic carbocycles. The van der Waals surface area contributed by atoms with Crippen LogP contribution >= 0.6 is 15.9 Å². The van der Waals surface area contributed by atoms with Crippen LogP contribution < -0.4 is 11.1 Å². The van der Waals surface area contributed by atoms with Crippen molar-refractivity contribution < 1.29 is 9.90 Å². The Labute approximate surface area is 109 Å². The van der Waals surface area contributed by atoms with Gasteiger partial charge in [0, 0.05) is 18.8 Å². The number of nitrogens with two attached hydrogens (primary N) is 1. The molecule has 0 atom stereocenters. The number of nitrogen functional groups attached to an aromatic ring is 1. The van der Waals surface area contributed by atoms with Gasteiger partial charge in [0.2, 0.25) is 0 Å². The van der Waals surface area contributed by atoms with E-state index in [-0.39, 0.29) is 12.5 Å². The summed E-state index contributed by atoms with van der Waals surface area (Å²) >= 11 is 3.30. The van der Waals surface area contributed by atoms with Crippen LogP contribution in [0.15, 0.2) is 22.7 Å². The standard InChI is InChI=1S/C12H17BrN2O2/c13-11-9(5-4-6-10(11)14)12(17)15-7-2-1-3-8-16/h4-6,16H,1-3,7-8,14H2,(H,15,17). The number of amides is 1. The zero-order chi connectivity index (χ0) is 12.7. The van der Waals surface area contributed by atoms with Crippen molar-refractivity contribution in [1.82, 2.24) is 5.32 Å². The Morgan fingerprint density at radius 3 is 2.82 bits per heavy atom. The summed E-state index contributed by atoms with van der Waals surface area (Å²) in [7, 11) is 0. The predicted octanol–water partition coefficient (Wildman–Crippen LogP) is 1.92. The average molecular weight is 301 g/mol. The second-order valence-electron chi connectivity index (χ2n) is 3.75. The molecule has 17 heavy (non-hydrogen) atoms. The van der Waals surface area contributed by atoms with E-state index in [0.717, 1.165) is 19.3 Å². The molecule has 94 valence electrons. The lowest BCUT2D eigenvalue weighted by Gasteiger charge is -2.08. The number of benzene rings is 1. The lowest BCUT2D eigenvalue weighted by atomic mass is 10.2. The molecule has 0 fully saturated rings. The van der Waals surface area contributed by atoms with Crippen molar-refractivity contribution in [3.63, 3.8) is 0 Å². The summed E-state index contributed by atoms with van der Waals surface area (Å²) in [6.07, 6.45) is 2.55. The minimum absolute atomic E-state index is 0.131. The molecule has 0 unspecified atom stereocenters. The SMILES string of the molecule is Nc1cccc(C(=O)NCCCCCO)c1Br. The van der Waals surface area contributed by atoms with E-state index in [9.17, 15) is 4.79 Å². The van der Waals surface area contributed by atoms with Gasteiger partial charge in [-0.2, -0.15) is 0 Å². The minimum atomic E-state index is -0.131. The van der Waals surface area contributed by atoms with Crippen molar-refractivity contribution in [2.24, 2.45) is 0 Å². The molecule has 0 aliphatic carbocycles. The molecule has 0 spiro atoms. The largest absolute Gasteiger partial charge is 0.398 e. The van der Waals surface area contributed by atoms with Crippen LogP contribution in [0, 0.1) is 0 Å². The fourth-order valence-corrected chi connectivity index (χ4v) is 1.88. The third kappa shape index (κ3) is 4.36. The Bertz CT molecular complexity index is 383. The van der Waals surface area contributed by atoms with Crippen LogP contribution in [0.2, 0.25) is 0 Å². The molecule has 0 bridgehead atoms. The number of halogens is 1. The first-order valence-electron chi connectivity index (χ1n) is 5.60. The van der Waals surface area contributed by atoms with Crippen molar-refractivity contribution in [3.8, 4) is 0 Å². The second-order valence-corrected chi connectivity index (χ2v) is 4.54. The van der Waals surface area contributed by atoms with E-state index >= 15 is 0 Å². The highest BCUT2D eigenvalue weighted by Gasteiger charge is 2.10. The van der Waals surface area contributed by atoms with Crippen LogP contribution in [0.3, 0.4) is 0 Å². The lowest BCUT2D eigenvalue weighted by Crippen LogP contribution is -2.25. The summed E-state index contributed by atoms with van der Waals surface area (Å²) in [5.74, 6) is -0.131. The van der Waals surface area contributed by atoms with E-state index in [1.807, 2.05) is 0 Å². The summed E-state index contributed by atoms with van der Waals surface area (Å²) in [5.41, 5.74) is 6.80. The molecule has 0 aliphatic rings. The lowest BCUT2D eigenvalue weighted by molar-refractivity contribution is 0.0952. The van der Waals surface area contributed by atoms with Crippen molar-refractivity contribution >= 4 is 27.5 Å². The molecule has 0 radical (unpaired) electrons. The molecular formula is C12H17BrN2O2. The number of carbonyl (C=O) groups excluding carboxylic acids is 1. The maximum atomic E-state index is 11.8. The van der Waals surface area contributed by atoms with Crippen molar-refractivity contribution in [1.29, 1.82) is 0 Å². The topological polar surface area (TPSA) is 75.4 Å². The van der Waals surface area contributed by atoms with E-state index in [4.69, 9.17) is 10.8 Å². The Kier molecular flexibility index (Phi) is 6.00. The molecule has 1 aromatic rings. The Morgan fingerprint density at radius 2 is 2.12 bits per heavy atom. The maximum Gasteiger partial charge on any atom is 0.252 e. The maximum absolute atomic E-state index is 11.8. The number of rotatable bonds is 6. The number of anilines is 1. The molecule has 0 heterocycles. The van der Waals surface area contributed by atoms with Crippen molar-refractivity contribution in [2.75, 3.05) is 18.9 Å². The van der Waals surface area contributed by atoms with Gasteiger partial charge >= 0.3 is 0 Å². The summed E-state index contributed by atoms with van der Waals surface area (Å²) in [5, 5.41) is 11.4. The highest BCUT2D eigenvalue weighted by molar-refractivity contribution is 9.10. The van der Waals surface area contributed by atoms with Gasteiger partial charge in [-0.3, -0.25) is 4.79 Å². The van der Waals surface area contributed by atoms with E-state index in [0.29, 0.717) is 22.3 Å². The highest BCUT2D eigenvalue weighted by atomic mass is 79.9. The highest BCUT2D eigenvalue weighted by Crippen LogP contribution is 2.23. The quantitative estimate of drug-likeness (QED) is 0.555. The van der Waals surface area contributed by atoms with E-state index in [1.54, 1.807) is 18.2 Å². The Morgan fingerprint density at radius 1 is 1.35 bits per heavy atom. The van der Waals surface area contributed by atoms with Crippen LogP contribution in [0.4, 0.5) is 5.69 Å². The van der Waals surface area contributed by atoms with Crippen molar-refractivity contribution in [3.05, 3.63) is 28.2 Å². The first-order chi connectivity index (χ1) is 8.16. The van der Waals surface area contributed by atoms with Crippen LogP contribution in [0.1, 0.15) is 29.6 Å². The number of carbonyl (C=O) groups is 1. The normalized spacial score (nSPS) is 10.2. The first kappa shape index (κ1) is 14.0. The van der Waals surface area contributed by atoms with Crippen LogP contribution in [-0.2, 0) is 0 Å². The predicted molar refractivity (Wildman–Crippen MR) is 71.8 cm³/mol. The molecule has 0 aromatic heterocycles. The smallest absolute Gasteiger partial charge is 0.252 e. The van der Waals surface area contributed by atoms with E-state index in [2.05, 4.69) is 21.2 Å². The molecule has 0 saturated carbocycles. The second kappa shape index (κ2) is 7.29. The number of aliphatic hydroxyl groups excluding tert-OH is 1. The van der Waals surface area contributed by atoms with Gasteiger partial charge in [-0.15, -0.1) is 0 Å². The number of nitrogens with one attached hydrogen (secondary N) is 1. The first-order valence-corrected chi connectivity index (χ1v) is 6.39. The molecule has 1 rings (SSSR count). The van der Waals surface area contributed by atoms with Gasteiger partial charge in [-0.05, 0) is 47.3 Å². The monoisotopic (exact) mass is 300 g/mol. The van der Waals surface area contributed by atoms with E-state index in [1.165, 1.54) is 0 Å². The summed E-state index contributed by atoms with van der Waals surface area (Å²) < 4.78 is 0.632. The molecule has 1 amide bonds. The third-order valence-corrected chi connectivity index (χ3v) is 3.28. The van der Waals surface area contributed by atoms with Crippen LogP contribution in [-0.4, -0.2) is 24.2 Å². The van der Waals surface area contributed by atoms with Gasteiger partial charge in [0.15, 0.2) is 0 Å².